The molecule has 3 aromatic rings. The summed E-state index contributed by atoms with van der Waals surface area (Å²) in [5.41, 5.74) is 0.965. The minimum atomic E-state index is -0.222. The fourth-order valence-electron chi connectivity index (χ4n) is 3.99. The molecule has 1 unspecified atom stereocenters. The first kappa shape index (κ1) is 24.0. The van der Waals surface area contributed by atoms with Crippen LogP contribution in [0.2, 0.25) is 0 Å². The highest BCUT2D eigenvalue weighted by Crippen LogP contribution is 2.31. The Morgan fingerprint density at radius 2 is 1.53 bits per heavy atom. The van der Waals surface area contributed by atoms with Crippen LogP contribution in [0, 0.1) is 0 Å². The van der Waals surface area contributed by atoms with Crippen molar-refractivity contribution in [2.24, 2.45) is 0 Å². The van der Waals surface area contributed by atoms with Gasteiger partial charge >= 0.3 is 11.9 Å². The second-order valence-corrected chi connectivity index (χ2v) is 10.3. The smallest absolute Gasteiger partial charge is 0.323 e. The van der Waals surface area contributed by atoms with Gasteiger partial charge in [0.2, 0.25) is 0 Å². The van der Waals surface area contributed by atoms with E-state index in [9.17, 15) is 9.59 Å². The average molecular weight is 477 g/mol. The molecule has 1 aliphatic rings. The first-order chi connectivity index (χ1) is 16.6. The number of cyclic esters (lactones) is 1. The molecule has 1 saturated heterocycles. The molecule has 34 heavy (non-hydrogen) atoms. The van der Waals surface area contributed by atoms with Crippen molar-refractivity contribution < 1.29 is 19.1 Å². The minimum Gasteiger partial charge on any atom is -0.464 e. The van der Waals surface area contributed by atoms with Gasteiger partial charge in [0.15, 0.2) is 14.7 Å². The van der Waals surface area contributed by atoms with Crippen LogP contribution in [-0.4, -0.2) is 43.1 Å². The number of likely N-dealkylation sites (N-methyl/N-ethyl adjacent to an activating group) is 1. The summed E-state index contributed by atoms with van der Waals surface area (Å²) in [5, 5.41) is 0. The van der Waals surface area contributed by atoms with Crippen LogP contribution in [0.3, 0.4) is 0 Å². The topological polar surface area (TPSA) is 55.8 Å². The van der Waals surface area contributed by atoms with E-state index in [2.05, 4.69) is 60.7 Å². The van der Waals surface area contributed by atoms with Crippen molar-refractivity contribution >= 4 is 22.8 Å². The van der Waals surface area contributed by atoms with Gasteiger partial charge in [-0.3, -0.25) is 14.5 Å². The molecule has 5 nitrogen and oxygen atoms in total. The number of hydrogen-bond donors (Lipinski definition) is 0. The van der Waals surface area contributed by atoms with Crippen LogP contribution in [0.5, 0.6) is 0 Å². The van der Waals surface area contributed by atoms with Gasteiger partial charge in [0.05, 0.1) is 17.5 Å². The summed E-state index contributed by atoms with van der Waals surface area (Å²) in [6.07, 6.45) is 1.69. The molecule has 0 radical (unpaired) electrons. The van der Waals surface area contributed by atoms with Crippen molar-refractivity contribution in [3.05, 3.63) is 90.5 Å². The van der Waals surface area contributed by atoms with E-state index < -0.39 is 0 Å². The number of ether oxygens (including phenoxy) is 2. The minimum absolute atomic E-state index is 0.170. The van der Waals surface area contributed by atoms with E-state index in [0.717, 1.165) is 5.56 Å². The number of esters is 2. The molecule has 0 N–H and O–H groups in total. The second-order valence-electron chi connectivity index (χ2n) is 8.29. The monoisotopic (exact) mass is 476 g/mol. The third kappa shape index (κ3) is 6.27. The molecule has 4 rings (SSSR count). The van der Waals surface area contributed by atoms with Crippen LogP contribution in [0.1, 0.15) is 24.8 Å². The summed E-state index contributed by atoms with van der Waals surface area (Å²) >= 11 is 0. The summed E-state index contributed by atoms with van der Waals surface area (Å²) < 4.78 is 10.5. The maximum absolute atomic E-state index is 12.2. The third-order valence-electron chi connectivity index (χ3n) is 5.85. The summed E-state index contributed by atoms with van der Waals surface area (Å²) in [6, 6.07) is 29.2. The Hall–Kier alpha value is -3.09. The molecule has 176 valence electrons. The highest BCUT2D eigenvalue weighted by Gasteiger charge is 2.30. The quantitative estimate of drug-likeness (QED) is 0.309. The van der Waals surface area contributed by atoms with Crippen molar-refractivity contribution in [3.8, 4) is 0 Å². The molecule has 1 aliphatic heterocycles. The highest BCUT2D eigenvalue weighted by atomic mass is 32.2. The lowest BCUT2D eigenvalue weighted by atomic mass is 10.2. The van der Waals surface area contributed by atoms with E-state index in [4.69, 9.17) is 9.47 Å². The zero-order chi connectivity index (χ0) is 23.8. The fraction of sp³-hybridized carbons (Fsp3) is 0.286. The molecule has 0 amide bonds. The van der Waals surface area contributed by atoms with Gasteiger partial charge in [-0.25, -0.2) is 0 Å². The summed E-state index contributed by atoms with van der Waals surface area (Å²) in [5.74, 6) is -0.393. The normalized spacial score (nSPS) is 15.5. The van der Waals surface area contributed by atoms with Gasteiger partial charge < -0.3 is 9.47 Å². The average Bonchev–Trinajstić information content (AvgIpc) is 3.31. The Morgan fingerprint density at radius 1 is 0.941 bits per heavy atom. The molecule has 1 heterocycles. The number of carbonyl (C=O) groups is 2. The maximum Gasteiger partial charge on any atom is 0.323 e. The molecule has 0 aliphatic carbocycles. The first-order valence-electron chi connectivity index (χ1n) is 11.6. The van der Waals surface area contributed by atoms with E-state index in [0.29, 0.717) is 32.4 Å². The predicted molar refractivity (Wildman–Crippen MR) is 133 cm³/mol. The second kappa shape index (κ2) is 11.9. The Labute approximate surface area is 204 Å². The van der Waals surface area contributed by atoms with Crippen molar-refractivity contribution in [1.29, 1.82) is 0 Å². The van der Waals surface area contributed by atoms with Gasteiger partial charge in [0.1, 0.15) is 12.6 Å². The van der Waals surface area contributed by atoms with Crippen molar-refractivity contribution in [3.63, 3.8) is 0 Å². The lowest BCUT2D eigenvalue weighted by Crippen LogP contribution is -2.36. The van der Waals surface area contributed by atoms with E-state index >= 15 is 0 Å². The van der Waals surface area contributed by atoms with Crippen molar-refractivity contribution in [1.82, 2.24) is 4.90 Å². The lowest BCUT2D eigenvalue weighted by molar-refractivity contribution is -0.145. The Kier molecular flexibility index (Phi) is 8.39. The number of carbonyl (C=O) groups excluding carboxylic acids is 2. The third-order valence-corrected chi connectivity index (χ3v) is 8.08. The van der Waals surface area contributed by atoms with E-state index in [1.807, 2.05) is 36.2 Å². The number of benzene rings is 3. The van der Waals surface area contributed by atoms with E-state index in [1.54, 1.807) is 0 Å². The molecular formula is C28H30NO4S+. The number of hydrogen-bond acceptors (Lipinski definition) is 5. The molecule has 6 heteroatoms. The van der Waals surface area contributed by atoms with E-state index in [-0.39, 0.29) is 35.5 Å². The molecule has 1 fully saturated rings. The van der Waals surface area contributed by atoms with Gasteiger partial charge in [-0.05, 0) is 62.0 Å². The van der Waals surface area contributed by atoms with Crippen LogP contribution in [0.25, 0.3) is 0 Å². The zero-order valence-corrected chi connectivity index (χ0v) is 20.2. The Balaban J connectivity index is 1.30. The lowest BCUT2D eigenvalue weighted by Gasteiger charge is -2.20. The van der Waals surface area contributed by atoms with E-state index in [1.165, 1.54) is 14.7 Å². The van der Waals surface area contributed by atoms with Gasteiger partial charge in [-0.2, -0.15) is 0 Å². The molecule has 0 bridgehead atoms. The summed E-state index contributed by atoms with van der Waals surface area (Å²) in [4.78, 5) is 29.6. The van der Waals surface area contributed by atoms with Crippen LogP contribution >= 0.6 is 0 Å². The standard InChI is InChI=1S/C28H30NO4S/c1-29(26-18-20-32-28(26)31)19-8-13-27(30)33-21-22-14-16-25(17-15-22)34(23-9-4-2-5-10-23)24-11-6-3-7-12-24/h2-7,9-12,14-17,26H,8,13,18-21H2,1H3/q+1. The van der Waals surface area contributed by atoms with Crippen LogP contribution in [0.4, 0.5) is 0 Å². The number of rotatable bonds is 10. The largest absolute Gasteiger partial charge is 0.464 e. The molecule has 0 saturated carbocycles. The summed E-state index contributed by atoms with van der Waals surface area (Å²) in [6.45, 7) is 1.39. The van der Waals surface area contributed by atoms with Gasteiger partial charge in [-0.15, -0.1) is 0 Å². The molecule has 0 aromatic heterocycles. The van der Waals surface area contributed by atoms with Crippen molar-refractivity contribution in [2.45, 2.75) is 46.6 Å². The Bertz CT molecular complexity index is 1030. The van der Waals surface area contributed by atoms with Crippen LogP contribution in [0.15, 0.2) is 99.6 Å². The van der Waals surface area contributed by atoms with Crippen molar-refractivity contribution in [2.75, 3.05) is 20.2 Å². The summed E-state index contributed by atoms with van der Waals surface area (Å²) in [7, 11) is 1.70. The van der Waals surface area contributed by atoms with Gasteiger partial charge in [-0.1, -0.05) is 48.5 Å². The fourth-order valence-corrected chi connectivity index (χ4v) is 6.08. The first-order valence-corrected chi connectivity index (χ1v) is 12.8. The SMILES string of the molecule is CN(CCCC(=O)OCc1ccc([S+](c2ccccc2)c2ccccc2)cc1)C1CCOC1=O. The highest BCUT2D eigenvalue weighted by molar-refractivity contribution is 7.97. The zero-order valence-electron chi connectivity index (χ0n) is 19.4. The predicted octanol–water partition coefficient (Wildman–Crippen LogP) is 4.85. The van der Waals surface area contributed by atoms with Crippen LogP contribution in [-0.2, 0) is 36.6 Å². The van der Waals surface area contributed by atoms with Gasteiger partial charge in [0.25, 0.3) is 0 Å². The Morgan fingerprint density at radius 3 is 2.09 bits per heavy atom. The maximum atomic E-state index is 12.2. The van der Waals surface area contributed by atoms with Crippen LogP contribution < -0.4 is 0 Å². The molecule has 3 aromatic carbocycles. The molecule has 0 spiro atoms. The molecule has 1 atom stereocenters. The molecular weight excluding hydrogens is 446 g/mol. The number of nitrogens with zero attached hydrogens (tertiary/aromatic N) is 1. The van der Waals surface area contributed by atoms with Gasteiger partial charge in [0, 0.05) is 12.8 Å².